The van der Waals surface area contributed by atoms with E-state index in [1.165, 1.54) is 6.92 Å². The molecular formula is C8H10F3N3. The summed E-state index contributed by atoms with van der Waals surface area (Å²) in [4.78, 5) is 7.16. The van der Waals surface area contributed by atoms with E-state index in [1.807, 2.05) is 0 Å². The van der Waals surface area contributed by atoms with Crippen LogP contribution in [0, 0.1) is 6.92 Å². The summed E-state index contributed by atoms with van der Waals surface area (Å²) in [6, 6.07) is 0.918. The van der Waals surface area contributed by atoms with E-state index in [4.69, 9.17) is 0 Å². The van der Waals surface area contributed by atoms with Crippen LogP contribution in [0.4, 0.5) is 19.1 Å². The van der Waals surface area contributed by atoms with Gasteiger partial charge in [0.1, 0.15) is 5.69 Å². The molecule has 14 heavy (non-hydrogen) atoms. The highest BCUT2D eigenvalue weighted by Crippen LogP contribution is 2.28. The molecule has 0 saturated heterocycles. The molecule has 0 spiro atoms. The molecule has 0 atom stereocenters. The van der Waals surface area contributed by atoms with Gasteiger partial charge in [-0.3, -0.25) is 0 Å². The van der Waals surface area contributed by atoms with Gasteiger partial charge in [-0.1, -0.05) is 0 Å². The summed E-state index contributed by atoms with van der Waals surface area (Å²) in [6.07, 6.45) is -4.42. The van der Waals surface area contributed by atoms with Crippen LogP contribution < -0.4 is 5.32 Å². The van der Waals surface area contributed by atoms with Gasteiger partial charge in [-0.25, -0.2) is 9.97 Å². The van der Waals surface area contributed by atoms with Crippen molar-refractivity contribution in [1.29, 1.82) is 0 Å². The Morgan fingerprint density at radius 1 is 1.36 bits per heavy atom. The lowest BCUT2D eigenvalue weighted by Crippen LogP contribution is -2.12. The van der Waals surface area contributed by atoms with Crippen LogP contribution in [0.5, 0.6) is 0 Å². The molecule has 1 heterocycles. The topological polar surface area (TPSA) is 37.8 Å². The fourth-order valence-electron chi connectivity index (χ4n) is 0.951. The molecule has 0 bridgehead atoms. The lowest BCUT2D eigenvalue weighted by molar-refractivity contribution is -0.141. The number of alkyl halides is 3. The van der Waals surface area contributed by atoms with Crippen molar-refractivity contribution in [2.24, 2.45) is 0 Å². The number of rotatable bonds is 2. The van der Waals surface area contributed by atoms with Gasteiger partial charge in [-0.2, -0.15) is 13.2 Å². The molecule has 0 amide bonds. The molecule has 0 radical (unpaired) electrons. The summed E-state index contributed by atoms with van der Waals surface area (Å²) < 4.78 is 36.8. The second kappa shape index (κ2) is 3.81. The van der Waals surface area contributed by atoms with Crippen molar-refractivity contribution < 1.29 is 13.2 Å². The first-order chi connectivity index (χ1) is 6.43. The third-order valence-electron chi connectivity index (χ3n) is 1.48. The molecule has 1 N–H and O–H groups in total. The van der Waals surface area contributed by atoms with Crippen LogP contribution >= 0.6 is 0 Å². The van der Waals surface area contributed by atoms with Crippen molar-refractivity contribution in [2.45, 2.75) is 20.0 Å². The van der Waals surface area contributed by atoms with E-state index < -0.39 is 11.9 Å². The summed E-state index contributed by atoms with van der Waals surface area (Å²) >= 11 is 0. The number of halogens is 3. The molecule has 0 aliphatic rings. The summed E-state index contributed by atoms with van der Waals surface area (Å²) in [5.74, 6) is 0.0137. The zero-order chi connectivity index (χ0) is 10.8. The van der Waals surface area contributed by atoms with Gasteiger partial charge in [-0.05, 0) is 19.9 Å². The zero-order valence-electron chi connectivity index (χ0n) is 7.81. The molecule has 6 heteroatoms. The van der Waals surface area contributed by atoms with Crippen LogP contribution in [0.1, 0.15) is 18.3 Å². The average molecular weight is 205 g/mol. The number of nitrogens with one attached hydrogen (secondary N) is 1. The Labute approximate surface area is 79.4 Å². The van der Waals surface area contributed by atoms with Gasteiger partial charge in [0.15, 0.2) is 0 Å². The molecule has 0 saturated carbocycles. The van der Waals surface area contributed by atoms with Crippen LogP contribution in [0.15, 0.2) is 6.07 Å². The third kappa shape index (κ3) is 2.58. The summed E-state index contributed by atoms with van der Waals surface area (Å²) in [5, 5.41) is 2.64. The number of anilines is 1. The van der Waals surface area contributed by atoms with Crippen LogP contribution in [-0.4, -0.2) is 16.5 Å². The zero-order valence-corrected chi connectivity index (χ0v) is 7.81. The van der Waals surface area contributed by atoms with Crippen molar-refractivity contribution in [2.75, 3.05) is 11.9 Å². The van der Waals surface area contributed by atoms with E-state index in [-0.39, 0.29) is 5.95 Å². The average Bonchev–Trinajstić information content (AvgIpc) is 2.02. The van der Waals surface area contributed by atoms with E-state index in [2.05, 4.69) is 15.3 Å². The normalized spacial score (nSPS) is 11.5. The molecule has 1 aromatic rings. The maximum atomic E-state index is 12.3. The van der Waals surface area contributed by atoms with Gasteiger partial charge in [0, 0.05) is 12.2 Å². The van der Waals surface area contributed by atoms with E-state index in [0.717, 1.165) is 6.07 Å². The molecule has 1 aromatic heterocycles. The molecule has 0 aliphatic carbocycles. The molecule has 0 aromatic carbocycles. The first-order valence-electron chi connectivity index (χ1n) is 4.10. The van der Waals surface area contributed by atoms with Gasteiger partial charge in [-0.15, -0.1) is 0 Å². The van der Waals surface area contributed by atoms with Crippen molar-refractivity contribution in [3.05, 3.63) is 17.5 Å². The Bertz CT molecular complexity index is 322. The van der Waals surface area contributed by atoms with Gasteiger partial charge in [0.05, 0.1) is 0 Å². The number of nitrogens with zero attached hydrogens (tertiary/aromatic N) is 2. The quantitative estimate of drug-likeness (QED) is 0.804. The van der Waals surface area contributed by atoms with Crippen LogP contribution in [-0.2, 0) is 6.18 Å². The SMILES string of the molecule is CCNc1nc(C)cc(C(F)(F)F)n1. The Balaban J connectivity index is 3.07. The lowest BCUT2D eigenvalue weighted by Gasteiger charge is -2.08. The fraction of sp³-hybridized carbons (Fsp3) is 0.500. The molecular weight excluding hydrogens is 195 g/mol. The number of hydrogen-bond donors (Lipinski definition) is 1. The van der Waals surface area contributed by atoms with Crippen molar-refractivity contribution in [3.63, 3.8) is 0 Å². The first kappa shape index (κ1) is 10.7. The van der Waals surface area contributed by atoms with Gasteiger partial charge < -0.3 is 5.32 Å². The Kier molecular flexibility index (Phi) is 2.93. The predicted octanol–water partition coefficient (Wildman–Crippen LogP) is 2.24. The van der Waals surface area contributed by atoms with Gasteiger partial charge in [0.25, 0.3) is 0 Å². The minimum Gasteiger partial charge on any atom is -0.354 e. The Hall–Kier alpha value is -1.33. The minimum absolute atomic E-state index is 0.0137. The fourth-order valence-corrected chi connectivity index (χ4v) is 0.951. The third-order valence-corrected chi connectivity index (χ3v) is 1.48. The van der Waals surface area contributed by atoms with Crippen LogP contribution in [0.2, 0.25) is 0 Å². The van der Waals surface area contributed by atoms with Gasteiger partial charge in [0.2, 0.25) is 5.95 Å². The maximum Gasteiger partial charge on any atom is 0.433 e. The highest BCUT2D eigenvalue weighted by molar-refractivity contribution is 5.28. The van der Waals surface area contributed by atoms with E-state index in [9.17, 15) is 13.2 Å². The number of aryl methyl sites for hydroxylation is 1. The standard InChI is InChI=1S/C8H10F3N3/c1-3-12-7-13-5(2)4-6(14-7)8(9,10)11/h4H,3H2,1-2H3,(H,12,13,14). The molecule has 0 fully saturated rings. The van der Waals surface area contributed by atoms with Crippen LogP contribution in [0.25, 0.3) is 0 Å². The summed E-state index contributed by atoms with van der Waals surface area (Å²) in [6.45, 7) is 3.75. The van der Waals surface area contributed by atoms with E-state index >= 15 is 0 Å². The molecule has 0 aliphatic heterocycles. The molecule has 0 unspecified atom stereocenters. The second-order valence-corrected chi connectivity index (χ2v) is 2.75. The summed E-state index contributed by atoms with van der Waals surface area (Å²) in [5.41, 5.74) is -0.621. The van der Waals surface area contributed by atoms with E-state index in [1.54, 1.807) is 6.92 Å². The Morgan fingerprint density at radius 2 is 2.00 bits per heavy atom. The van der Waals surface area contributed by atoms with Crippen molar-refractivity contribution >= 4 is 5.95 Å². The van der Waals surface area contributed by atoms with E-state index in [0.29, 0.717) is 12.2 Å². The van der Waals surface area contributed by atoms with Crippen molar-refractivity contribution in [3.8, 4) is 0 Å². The monoisotopic (exact) mass is 205 g/mol. The molecule has 3 nitrogen and oxygen atoms in total. The maximum absolute atomic E-state index is 12.3. The lowest BCUT2D eigenvalue weighted by atomic mass is 10.3. The first-order valence-corrected chi connectivity index (χ1v) is 4.10. The Morgan fingerprint density at radius 3 is 2.50 bits per heavy atom. The highest BCUT2D eigenvalue weighted by Gasteiger charge is 2.33. The minimum atomic E-state index is -4.42. The number of aromatic nitrogens is 2. The largest absolute Gasteiger partial charge is 0.433 e. The predicted molar refractivity (Wildman–Crippen MR) is 45.9 cm³/mol. The molecule has 78 valence electrons. The highest BCUT2D eigenvalue weighted by atomic mass is 19.4. The van der Waals surface area contributed by atoms with Crippen molar-refractivity contribution in [1.82, 2.24) is 9.97 Å². The van der Waals surface area contributed by atoms with Crippen LogP contribution in [0.3, 0.4) is 0 Å². The number of hydrogen-bond acceptors (Lipinski definition) is 3. The molecule has 1 rings (SSSR count). The smallest absolute Gasteiger partial charge is 0.354 e. The second-order valence-electron chi connectivity index (χ2n) is 2.75. The van der Waals surface area contributed by atoms with Gasteiger partial charge >= 0.3 is 6.18 Å². The summed E-state index contributed by atoms with van der Waals surface area (Å²) in [7, 11) is 0.